The number of hydrogen-bond donors (Lipinski definition) is 2. The topological polar surface area (TPSA) is 60.2 Å². The van der Waals surface area contributed by atoms with Crippen LogP contribution in [0.5, 0.6) is 0 Å². The van der Waals surface area contributed by atoms with E-state index in [0.717, 1.165) is 28.8 Å². The molecule has 0 aliphatic heterocycles. The van der Waals surface area contributed by atoms with Crippen LogP contribution in [0.4, 0.5) is 11.5 Å². The first kappa shape index (κ1) is 10.7. The molecule has 3 N–H and O–H groups in total. The van der Waals surface area contributed by atoms with Gasteiger partial charge in [0.15, 0.2) is 0 Å². The van der Waals surface area contributed by atoms with Crippen molar-refractivity contribution in [2.24, 2.45) is 0 Å². The molecule has 1 aromatic heterocycles. The predicted octanol–water partition coefficient (Wildman–Crippen LogP) is 1.88. The Kier molecular flexibility index (Phi) is 3.22. The molecule has 4 heteroatoms. The van der Waals surface area contributed by atoms with Crippen molar-refractivity contribution >= 4 is 22.3 Å². The second kappa shape index (κ2) is 4.81. The lowest BCUT2D eigenvalue weighted by Gasteiger charge is -2.09. The smallest absolute Gasteiger partial charge is 0.135 e. The van der Waals surface area contributed by atoms with Crippen molar-refractivity contribution in [3.05, 3.63) is 30.5 Å². The second-order valence-corrected chi connectivity index (χ2v) is 3.52. The van der Waals surface area contributed by atoms with Crippen LogP contribution in [0.15, 0.2) is 30.5 Å². The standard InChI is InChI=1S/C12H15N3O/c1-16-8-7-15-12-11-9(5-6-14-12)3-2-4-10(11)13/h2-6H,7-8,13H2,1H3,(H,14,15). The molecule has 0 aliphatic rings. The highest BCUT2D eigenvalue weighted by Crippen LogP contribution is 2.26. The van der Waals surface area contributed by atoms with E-state index in [-0.39, 0.29) is 0 Å². The number of nitrogens with two attached hydrogens (primary N) is 1. The maximum absolute atomic E-state index is 5.95. The van der Waals surface area contributed by atoms with Crippen LogP contribution in [-0.4, -0.2) is 25.2 Å². The summed E-state index contributed by atoms with van der Waals surface area (Å²) in [4.78, 5) is 4.29. The highest BCUT2D eigenvalue weighted by molar-refractivity contribution is 6.00. The number of benzene rings is 1. The number of nitrogens with zero attached hydrogens (tertiary/aromatic N) is 1. The van der Waals surface area contributed by atoms with Gasteiger partial charge in [-0.05, 0) is 17.5 Å². The van der Waals surface area contributed by atoms with Gasteiger partial charge in [-0.2, -0.15) is 0 Å². The third-order valence-corrected chi connectivity index (χ3v) is 2.42. The molecule has 84 valence electrons. The van der Waals surface area contributed by atoms with Gasteiger partial charge in [0.05, 0.1) is 6.61 Å². The molecule has 2 aromatic rings. The predicted molar refractivity (Wildman–Crippen MR) is 66.5 cm³/mol. The maximum atomic E-state index is 5.95. The highest BCUT2D eigenvalue weighted by Gasteiger charge is 2.04. The van der Waals surface area contributed by atoms with E-state index in [1.165, 1.54) is 0 Å². The van der Waals surface area contributed by atoms with Gasteiger partial charge in [-0.25, -0.2) is 4.98 Å². The molecule has 2 rings (SSSR count). The normalized spacial score (nSPS) is 10.6. The number of rotatable bonds is 4. The average Bonchev–Trinajstić information content (AvgIpc) is 2.30. The zero-order chi connectivity index (χ0) is 11.4. The summed E-state index contributed by atoms with van der Waals surface area (Å²) in [5.74, 6) is 0.813. The molecule has 4 nitrogen and oxygen atoms in total. The van der Waals surface area contributed by atoms with Crippen molar-refractivity contribution in [1.29, 1.82) is 0 Å². The molecule has 0 spiro atoms. The van der Waals surface area contributed by atoms with Gasteiger partial charge in [0.2, 0.25) is 0 Å². The number of ether oxygens (including phenoxy) is 1. The van der Waals surface area contributed by atoms with Crippen LogP contribution in [0.3, 0.4) is 0 Å². The number of anilines is 2. The van der Waals surface area contributed by atoms with Crippen LogP contribution in [0.25, 0.3) is 10.8 Å². The first-order valence-electron chi connectivity index (χ1n) is 5.19. The molecule has 1 heterocycles. The molecule has 0 radical (unpaired) electrons. The number of nitrogens with one attached hydrogen (secondary N) is 1. The molecule has 1 aromatic carbocycles. The number of nitrogen functional groups attached to an aromatic ring is 1. The summed E-state index contributed by atoms with van der Waals surface area (Å²) in [5.41, 5.74) is 6.69. The molecular formula is C12H15N3O. The summed E-state index contributed by atoms with van der Waals surface area (Å²) in [6, 6.07) is 7.80. The van der Waals surface area contributed by atoms with Crippen LogP contribution < -0.4 is 11.1 Å². The number of hydrogen-bond acceptors (Lipinski definition) is 4. The van der Waals surface area contributed by atoms with E-state index in [0.29, 0.717) is 6.61 Å². The van der Waals surface area contributed by atoms with Crippen molar-refractivity contribution < 1.29 is 4.74 Å². The van der Waals surface area contributed by atoms with E-state index in [4.69, 9.17) is 10.5 Å². The van der Waals surface area contributed by atoms with E-state index < -0.39 is 0 Å². The molecular weight excluding hydrogens is 202 g/mol. The third-order valence-electron chi connectivity index (χ3n) is 2.42. The zero-order valence-corrected chi connectivity index (χ0v) is 9.23. The molecule has 0 saturated heterocycles. The van der Waals surface area contributed by atoms with Gasteiger partial charge in [-0.3, -0.25) is 0 Å². The fourth-order valence-electron chi connectivity index (χ4n) is 1.66. The lowest BCUT2D eigenvalue weighted by molar-refractivity contribution is 0.210. The highest BCUT2D eigenvalue weighted by atomic mass is 16.5. The van der Waals surface area contributed by atoms with Gasteiger partial charge in [-0.15, -0.1) is 0 Å². The Morgan fingerprint density at radius 1 is 1.38 bits per heavy atom. The SMILES string of the molecule is COCCNc1nccc2cccc(N)c12. The van der Waals surface area contributed by atoms with E-state index in [1.54, 1.807) is 13.3 Å². The largest absolute Gasteiger partial charge is 0.398 e. The van der Waals surface area contributed by atoms with E-state index in [1.807, 2.05) is 24.3 Å². The Hall–Kier alpha value is -1.81. The fraction of sp³-hybridized carbons (Fsp3) is 0.250. The molecule has 0 amide bonds. The fourth-order valence-corrected chi connectivity index (χ4v) is 1.66. The first-order chi connectivity index (χ1) is 7.83. The summed E-state index contributed by atoms with van der Waals surface area (Å²) in [6.07, 6.45) is 1.77. The van der Waals surface area contributed by atoms with Crippen LogP contribution in [0.1, 0.15) is 0 Å². The molecule has 0 atom stereocenters. The lowest BCUT2D eigenvalue weighted by atomic mass is 10.1. The zero-order valence-electron chi connectivity index (χ0n) is 9.23. The second-order valence-electron chi connectivity index (χ2n) is 3.52. The van der Waals surface area contributed by atoms with E-state index in [2.05, 4.69) is 10.3 Å². The van der Waals surface area contributed by atoms with Crippen LogP contribution in [-0.2, 0) is 4.74 Å². The van der Waals surface area contributed by atoms with E-state index in [9.17, 15) is 0 Å². The van der Waals surface area contributed by atoms with Crippen LogP contribution in [0, 0.1) is 0 Å². The Morgan fingerprint density at radius 2 is 2.25 bits per heavy atom. The Balaban J connectivity index is 2.37. The summed E-state index contributed by atoms with van der Waals surface area (Å²) >= 11 is 0. The summed E-state index contributed by atoms with van der Waals surface area (Å²) in [6.45, 7) is 1.36. The van der Waals surface area contributed by atoms with E-state index >= 15 is 0 Å². The number of aromatic nitrogens is 1. The van der Waals surface area contributed by atoms with Gasteiger partial charge >= 0.3 is 0 Å². The van der Waals surface area contributed by atoms with Gasteiger partial charge in [0, 0.05) is 30.9 Å². The summed E-state index contributed by atoms with van der Waals surface area (Å²) in [7, 11) is 1.67. The third kappa shape index (κ3) is 2.06. The van der Waals surface area contributed by atoms with Crippen molar-refractivity contribution in [1.82, 2.24) is 4.98 Å². The summed E-state index contributed by atoms with van der Waals surface area (Å²) in [5, 5.41) is 5.28. The molecule has 16 heavy (non-hydrogen) atoms. The van der Waals surface area contributed by atoms with Crippen molar-refractivity contribution in [3.63, 3.8) is 0 Å². The Labute approximate surface area is 94.4 Å². The minimum Gasteiger partial charge on any atom is -0.398 e. The molecule has 0 saturated carbocycles. The van der Waals surface area contributed by atoms with Gasteiger partial charge in [0.1, 0.15) is 5.82 Å². The van der Waals surface area contributed by atoms with Gasteiger partial charge in [-0.1, -0.05) is 12.1 Å². The quantitative estimate of drug-likeness (QED) is 0.606. The first-order valence-corrected chi connectivity index (χ1v) is 5.19. The monoisotopic (exact) mass is 217 g/mol. The molecule has 0 unspecified atom stereocenters. The average molecular weight is 217 g/mol. The van der Waals surface area contributed by atoms with Crippen molar-refractivity contribution in [2.45, 2.75) is 0 Å². The van der Waals surface area contributed by atoms with Gasteiger partial charge < -0.3 is 15.8 Å². The summed E-state index contributed by atoms with van der Waals surface area (Å²) < 4.78 is 4.98. The molecule has 0 bridgehead atoms. The van der Waals surface area contributed by atoms with Crippen molar-refractivity contribution in [2.75, 3.05) is 31.3 Å². The lowest BCUT2D eigenvalue weighted by Crippen LogP contribution is -2.09. The minimum absolute atomic E-state index is 0.644. The number of methoxy groups -OCH3 is 1. The van der Waals surface area contributed by atoms with Gasteiger partial charge in [0.25, 0.3) is 0 Å². The van der Waals surface area contributed by atoms with Crippen LogP contribution >= 0.6 is 0 Å². The Bertz CT molecular complexity index is 479. The van der Waals surface area contributed by atoms with Crippen LogP contribution in [0.2, 0.25) is 0 Å². The maximum Gasteiger partial charge on any atom is 0.135 e. The Morgan fingerprint density at radius 3 is 3.06 bits per heavy atom. The number of pyridine rings is 1. The molecule has 0 aliphatic carbocycles. The number of fused-ring (bicyclic) bond motifs is 1. The minimum atomic E-state index is 0.644. The molecule has 0 fully saturated rings. The van der Waals surface area contributed by atoms with Crippen molar-refractivity contribution in [3.8, 4) is 0 Å².